The largest absolute Gasteiger partial charge is 0.458 e. The lowest BCUT2D eigenvalue weighted by atomic mass is 9.96. The van der Waals surface area contributed by atoms with Gasteiger partial charge in [-0.1, -0.05) is 12.1 Å². The van der Waals surface area contributed by atoms with Crippen molar-refractivity contribution in [1.29, 1.82) is 0 Å². The fraction of sp³-hybridized carbons (Fsp3) is 0.321. The maximum absolute atomic E-state index is 13.6. The molecule has 4 aromatic rings. The highest BCUT2D eigenvalue weighted by Gasteiger charge is 2.58. The van der Waals surface area contributed by atoms with Crippen molar-refractivity contribution in [3.63, 3.8) is 0 Å². The molecule has 1 aliphatic heterocycles. The quantitative estimate of drug-likeness (QED) is 0.247. The van der Waals surface area contributed by atoms with Gasteiger partial charge >= 0.3 is 12.1 Å². The second-order valence-electron chi connectivity index (χ2n) is 9.97. The van der Waals surface area contributed by atoms with Crippen LogP contribution in [0.5, 0.6) is 11.5 Å². The molecule has 2 aromatic carbocycles. The van der Waals surface area contributed by atoms with Gasteiger partial charge in [0.2, 0.25) is 11.9 Å². The van der Waals surface area contributed by atoms with Crippen LogP contribution < -0.4 is 15.4 Å². The summed E-state index contributed by atoms with van der Waals surface area (Å²) in [5.41, 5.74) is 0.412. The van der Waals surface area contributed by atoms with E-state index in [1.165, 1.54) is 6.20 Å². The molecule has 0 radical (unpaired) electrons. The molecule has 3 heterocycles. The summed E-state index contributed by atoms with van der Waals surface area (Å²) in [6.45, 7) is 1.74. The lowest BCUT2D eigenvalue weighted by molar-refractivity contribution is -0.289. The van der Waals surface area contributed by atoms with Gasteiger partial charge in [-0.05, 0) is 63.3 Å². The van der Waals surface area contributed by atoms with E-state index >= 15 is 0 Å². The van der Waals surface area contributed by atoms with Crippen LogP contribution in [0.25, 0.3) is 11.0 Å². The number of piperidine rings is 1. The van der Waals surface area contributed by atoms with Gasteiger partial charge in [-0.2, -0.15) is 22.0 Å². The predicted octanol–water partition coefficient (Wildman–Crippen LogP) is 6.44. The van der Waals surface area contributed by atoms with Crippen LogP contribution in [0.3, 0.4) is 0 Å². The van der Waals surface area contributed by atoms with Crippen LogP contribution in [-0.2, 0) is 17.8 Å². The number of benzene rings is 2. The Morgan fingerprint density at radius 1 is 0.951 bits per heavy atom. The van der Waals surface area contributed by atoms with Gasteiger partial charge in [0.15, 0.2) is 0 Å². The van der Waals surface area contributed by atoms with Crippen LogP contribution >= 0.6 is 0 Å². The highest BCUT2D eigenvalue weighted by molar-refractivity contribution is 5.92. The minimum atomic E-state index is -5.68. The van der Waals surface area contributed by atoms with Crippen molar-refractivity contribution in [2.24, 2.45) is 13.0 Å². The maximum Gasteiger partial charge on any atom is 0.458 e. The van der Waals surface area contributed by atoms with Gasteiger partial charge in [-0.15, -0.1) is 0 Å². The van der Waals surface area contributed by atoms with Gasteiger partial charge in [0.25, 0.3) is 0 Å². The molecule has 5 rings (SSSR count). The number of rotatable bonds is 7. The lowest BCUT2D eigenvalue weighted by Crippen LogP contribution is -2.36. The van der Waals surface area contributed by atoms with Crippen LogP contribution in [-0.4, -0.2) is 51.7 Å². The first-order chi connectivity index (χ1) is 19.4. The Balaban J connectivity index is 1.27. The molecule has 0 saturated carbocycles. The number of aromatic nitrogens is 3. The first kappa shape index (κ1) is 28.3. The zero-order valence-corrected chi connectivity index (χ0v) is 22.2. The molecule has 2 N–H and O–H groups in total. The van der Waals surface area contributed by atoms with Crippen LogP contribution in [0.15, 0.2) is 60.8 Å². The monoisotopic (exact) mass is 574 g/mol. The number of likely N-dealkylation sites (tertiary alicyclic amines) is 1. The highest BCUT2D eigenvalue weighted by Crippen LogP contribution is 2.44. The minimum Gasteiger partial charge on any atom is -0.457 e. The third kappa shape index (κ3) is 6.09. The lowest BCUT2D eigenvalue weighted by Gasteiger charge is -2.27. The zero-order chi connectivity index (χ0) is 29.4. The molecule has 0 aliphatic carbocycles. The van der Waals surface area contributed by atoms with E-state index in [-0.39, 0.29) is 17.5 Å². The Morgan fingerprint density at radius 3 is 2.32 bits per heavy atom. The molecule has 1 fully saturated rings. The number of nitrogens with zero attached hydrogens (tertiary/aromatic N) is 4. The number of imidazole rings is 1. The number of amides is 1. The fourth-order valence-corrected chi connectivity index (χ4v) is 4.59. The molecule has 0 bridgehead atoms. The number of nitrogens with one attached hydrogen (secondary N) is 2. The van der Waals surface area contributed by atoms with Crippen LogP contribution in [0.1, 0.15) is 18.4 Å². The van der Waals surface area contributed by atoms with Gasteiger partial charge in [-0.25, -0.2) is 9.97 Å². The average molecular weight is 575 g/mol. The number of fused-ring (bicyclic) bond motifs is 1. The number of ether oxygens (including phenoxy) is 1. The van der Waals surface area contributed by atoms with Crippen molar-refractivity contribution in [3.05, 3.63) is 66.4 Å². The molecule has 1 saturated heterocycles. The van der Waals surface area contributed by atoms with Crippen LogP contribution in [0.4, 0.5) is 39.4 Å². The van der Waals surface area contributed by atoms with Gasteiger partial charge < -0.3 is 24.8 Å². The van der Waals surface area contributed by atoms with Crippen molar-refractivity contribution in [2.45, 2.75) is 24.9 Å². The molecule has 0 spiro atoms. The van der Waals surface area contributed by atoms with Crippen LogP contribution in [0, 0.1) is 5.92 Å². The molecular weight excluding hydrogens is 547 g/mol. The van der Waals surface area contributed by atoms with Crippen molar-refractivity contribution in [3.8, 4) is 11.5 Å². The average Bonchev–Trinajstić information content (AvgIpc) is 3.23. The van der Waals surface area contributed by atoms with E-state index in [9.17, 15) is 26.7 Å². The Morgan fingerprint density at radius 2 is 1.63 bits per heavy atom. The van der Waals surface area contributed by atoms with Crippen LogP contribution in [0.2, 0.25) is 0 Å². The number of hydrogen-bond acceptors (Lipinski definition) is 6. The van der Waals surface area contributed by atoms with E-state index in [4.69, 9.17) is 4.74 Å². The van der Waals surface area contributed by atoms with E-state index in [0.29, 0.717) is 28.8 Å². The first-order valence-electron chi connectivity index (χ1n) is 12.8. The number of carbonyl (C=O) groups is 1. The third-order valence-electron chi connectivity index (χ3n) is 7.02. The van der Waals surface area contributed by atoms with E-state index in [2.05, 4.69) is 25.5 Å². The summed E-state index contributed by atoms with van der Waals surface area (Å²) in [4.78, 5) is 23.6. The topological polar surface area (TPSA) is 84.3 Å². The summed E-state index contributed by atoms with van der Waals surface area (Å²) in [5, 5.41) is 5.80. The summed E-state index contributed by atoms with van der Waals surface area (Å²) in [6, 6.07) is 12.2. The second kappa shape index (κ2) is 11.0. The Kier molecular flexibility index (Phi) is 7.56. The summed E-state index contributed by atoms with van der Waals surface area (Å²) in [7, 11) is 3.76. The fourth-order valence-electron chi connectivity index (χ4n) is 4.59. The van der Waals surface area contributed by atoms with Crippen molar-refractivity contribution in [1.82, 2.24) is 19.4 Å². The number of aryl methyl sites for hydroxylation is 1. The SMILES string of the molecule is CN1CCC(C(=O)Nc2cc(Oc3ccc4c(c3)nc(Nc3ccc(C(F)(F)C(F)(F)F)cc3)n4C)ccn2)CC1. The molecule has 13 heteroatoms. The van der Waals surface area contributed by atoms with Crippen molar-refractivity contribution >= 4 is 34.4 Å². The smallest absolute Gasteiger partial charge is 0.457 e. The molecule has 216 valence electrons. The number of anilines is 3. The standard InChI is InChI=1S/C28H27F5N6O2/c1-38-13-10-17(11-14-38)25(40)37-24-16-21(9-12-34-24)41-20-7-8-23-22(15-20)36-26(39(23)2)35-19-5-3-18(4-6-19)27(29,30)28(31,32)33/h3-9,12,15-17H,10-11,13-14H2,1-2H3,(H,35,36)(H,34,37,40). The van der Waals surface area contributed by atoms with Crippen molar-refractivity contribution in [2.75, 3.05) is 30.8 Å². The van der Waals surface area contributed by atoms with E-state index in [0.717, 1.165) is 55.7 Å². The molecule has 41 heavy (non-hydrogen) atoms. The summed E-state index contributed by atoms with van der Waals surface area (Å²) in [6.07, 6.45) is -2.56. The molecule has 8 nitrogen and oxygen atoms in total. The van der Waals surface area contributed by atoms with E-state index in [1.54, 1.807) is 41.9 Å². The molecule has 0 atom stereocenters. The van der Waals surface area contributed by atoms with Gasteiger partial charge in [-0.3, -0.25) is 4.79 Å². The Hall–Kier alpha value is -4.26. The van der Waals surface area contributed by atoms with Gasteiger partial charge in [0, 0.05) is 42.5 Å². The van der Waals surface area contributed by atoms with Gasteiger partial charge in [0.05, 0.1) is 11.0 Å². The third-order valence-corrected chi connectivity index (χ3v) is 7.02. The number of hydrogen-bond donors (Lipinski definition) is 2. The molecule has 2 aromatic heterocycles. The minimum absolute atomic E-state index is 0.0642. The molecule has 1 aliphatic rings. The molecule has 0 unspecified atom stereocenters. The number of alkyl halides is 5. The Bertz CT molecular complexity index is 1550. The van der Waals surface area contributed by atoms with E-state index in [1.807, 2.05) is 7.05 Å². The highest BCUT2D eigenvalue weighted by atomic mass is 19.4. The summed E-state index contributed by atoms with van der Waals surface area (Å²) >= 11 is 0. The normalized spacial score (nSPS) is 15.2. The van der Waals surface area contributed by atoms with Gasteiger partial charge in [0.1, 0.15) is 17.3 Å². The van der Waals surface area contributed by atoms with Crippen molar-refractivity contribution < 1.29 is 31.5 Å². The molecule has 1 amide bonds. The molecular formula is C28H27F5N6O2. The van der Waals surface area contributed by atoms with E-state index < -0.39 is 17.7 Å². The maximum atomic E-state index is 13.6. The number of halogens is 5. The second-order valence-corrected chi connectivity index (χ2v) is 9.97. The first-order valence-corrected chi connectivity index (χ1v) is 12.8. The summed E-state index contributed by atoms with van der Waals surface area (Å²) in [5.74, 6) is -3.42. The summed E-state index contributed by atoms with van der Waals surface area (Å²) < 4.78 is 72.8. The predicted molar refractivity (Wildman–Crippen MR) is 144 cm³/mol. The number of pyridine rings is 1. The number of carbonyl (C=O) groups excluding carboxylic acids is 1. The zero-order valence-electron chi connectivity index (χ0n) is 22.2. The Labute approximate surface area is 232 Å².